The van der Waals surface area contributed by atoms with Gasteiger partial charge in [0.1, 0.15) is 0 Å². The number of carbonyl (C=O) groups excluding carboxylic acids is 2. The number of carbonyl (C=O) groups is 2. The van der Waals surface area contributed by atoms with Crippen LogP contribution in [0.2, 0.25) is 5.15 Å². The number of imidazole rings is 1. The third kappa shape index (κ3) is 4.09. The van der Waals surface area contributed by atoms with Crippen molar-refractivity contribution in [1.82, 2.24) is 15.3 Å². The predicted octanol–water partition coefficient (Wildman–Crippen LogP) is 3.59. The average Bonchev–Trinajstić information content (AvgIpc) is 3.11. The molecule has 0 saturated heterocycles. The number of methoxy groups -OCH3 is 1. The number of hydrogen-bond acceptors (Lipinski definition) is 6. The number of esters is 2. The lowest BCUT2D eigenvalue weighted by atomic mass is 9.83. The molecule has 1 unspecified atom stereocenters. The predicted molar refractivity (Wildman–Crippen MR) is 104 cm³/mol. The van der Waals surface area contributed by atoms with Crippen LogP contribution in [0.5, 0.6) is 0 Å². The number of allylic oxidation sites excluding steroid dienone is 2. The zero-order valence-electron chi connectivity index (χ0n) is 16.4. The van der Waals surface area contributed by atoms with Gasteiger partial charge < -0.3 is 19.8 Å². The molecular weight excluding hydrogens is 382 g/mol. The molecule has 28 heavy (non-hydrogen) atoms. The Kier molecular flexibility index (Phi) is 6.44. The summed E-state index contributed by atoms with van der Waals surface area (Å²) in [5.74, 6) is -1.34. The van der Waals surface area contributed by atoms with E-state index >= 15 is 0 Å². The van der Waals surface area contributed by atoms with Gasteiger partial charge in [-0.25, -0.2) is 14.6 Å². The van der Waals surface area contributed by atoms with Crippen molar-refractivity contribution in [1.29, 1.82) is 0 Å². The summed E-state index contributed by atoms with van der Waals surface area (Å²) in [5.41, 5.74) is 2.34. The first-order valence-electron chi connectivity index (χ1n) is 9.56. The van der Waals surface area contributed by atoms with E-state index in [9.17, 15) is 9.59 Å². The first-order valence-corrected chi connectivity index (χ1v) is 9.94. The first kappa shape index (κ1) is 20.5. The van der Waals surface area contributed by atoms with Gasteiger partial charge in [-0.1, -0.05) is 30.9 Å². The molecule has 8 heteroatoms. The molecule has 2 heterocycles. The van der Waals surface area contributed by atoms with Crippen LogP contribution in [0.3, 0.4) is 0 Å². The Hall–Kier alpha value is -2.28. The van der Waals surface area contributed by atoms with Crippen LogP contribution < -0.4 is 5.32 Å². The fraction of sp³-hybridized carbons (Fsp3) is 0.550. The zero-order chi connectivity index (χ0) is 20.3. The molecule has 0 bridgehead atoms. The Balaban J connectivity index is 1.92. The average molecular weight is 408 g/mol. The Morgan fingerprint density at radius 1 is 1.14 bits per heavy atom. The molecule has 7 nitrogen and oxygen atoms in total. The van der Waals surface area contributed by atoms with Crippen molar-refractivity contribution in [3.8, 4) is 0 Å². The smallest absolute Gasteiger partial charge is 0.336 e. The quantitative estimate of drug-likeness (QED) is 0.724. The molecule has 0 aromatic carbocycles. The van der Waals surface area contributed by atoms with Crippen molar-refractivity contribution in [3.05, 3.63) is 39.7 Å². The molecule has 0 amide bonds. The minimum atomic E-state index is -0.734. The van der Waals surface area contributed by atoms with Gasteiger partial charge in [0, 0.05) is 11.4 Å². The van der Waals surface area contributed by atoms with Gasteiger partial charge in [0.15, 0.2) is 5.15 Å². The standard InChI is InChI=1S/C20H26ClN3O4/c1-11-14(19(25)27-3)16(17-18(21)23-10-22-17)15(12(2)24-11)20(26)28-9-13-7-5-4-6-8-13/h10,13,16,24H,4-9H2,1-3H3,(H,22,23). The van der Waals surface area contributed by atoms with Gasteiger partial charge in [0.2, 0.25) is 0 Å². The highest BCUT2D eigenvalue weighted by Gasteiger charge is 2.40. The van der Waals surface area contributed by atoms with Crippen molar-refractivity contribution in [2.45, 2.75) is 51.9 Å². The lowest BCUT2D eigenvalue weighted by Crippen LogP contribution is -2.33. The van der Waals surface area contributed by atoms with Crippen LogP contribution in [0, 0.1) is 5.92 Å². The monoisotopic (exact) mass is 407 g/mol. The molecule has 2 aliphatic rings. The summed E-state index contributed by atoms with van der Waals surface area (Å²) in [7, 11) is 1.31. The molecule has 1 aromatic rings. The molecule has 2 N–H and O–H groups in total. The Bertz CT molecular complexity index is 821. The summed E-state index contributed by atoms with van der Waals surface area (Å²) in [6, 6.07) is 0. The van der Waals surface area contributed by atoms with Crippen LogP contribution >= 0.6 is 11.6 Å². The van der Waals surface area contributed by atoms with E-state index in [-0.39, 0.29) is 5.15 Å². The van der Waals surface area contributed by atoms with E-state index in [0.717, 1.165) is 12.8 Å². The van der Waals surface area contributed by atoms with E-state index in [4.69, 9.17) is 21.1 Å². The third-order valence-corrected chi connectivity index (χ3v) is 5.77. The van der Waals surface area contributed by atoms with E-state index in [1.807, 2.05) is 0 Å². The second kappa shape index (κ2) is 8.82. The second-order valence-electron chi connectivity index (χ2n) is 7.34. The molecule has 3 rings (SSSR count). The number of halogens is 1. The fourth-order valence-electron chi connectivity index (χ4n) is 4.05. The van der Waals surface area contributed by atoms with E-state index in [1.165, 1.54) is 32.7 Å². The molecule has 0 radical (unpaired) electrons. The summed E-state index contributed by atoms with van der Waals surface area (Å²) in [6.45, 7) is 3.93. The lowest BCUT2D eigenvalue weighted by Gasteiger charge is -2.30. The van der Waals surface area contributed by atoms with Crippen molar-refractivity contribution in [3.63, 3.8) is 0 Å². The largest absolute Gasteiger partial charge is 0.466 e. The maximum Gasteiger partial charge on any atom is 0.336 e. The van der Waals surface area contributed by atoms with Crippen LogP contribution in [0.4, 0.5) is 0 Å². The Labute approximate surface area is 169 Å². The van der Waals surface area contributed by atoms with Crippen molar-refractivity contribution in [2.24, 2.45) is 5.92 Å². The summed E-state index contributed by atoms with van der Waals surface area (Å²) in [4.78, 5) is 32.5. The normalized spacial score (nSPS) is 20.8. The molecule has 1 aliphatic carbocycles. The van der Waals surface area contributed by atoms with E-state index < -0.39 is 17.9 Å². The summed E-state index contributed by atoms with van der Waals surface area (Å²) >= 11 is 6.24. The van der Waals surface area contributed by atoms with Gasteiger partial charge in [-0.05, 0) is 32.6 Å². The van der Waals surface area contributed by atoms with E-state index in [0.29, 0.717) is 40.8 Å². The minimum Gasteiger partial charge on any atom is -0.466 e. The maximum absolute atomic E-state index is 13.1. The van der Waals surface area contributed by atoms with Gasteiger partial charge in [-0.2, -0.15) is 0 Å². The SMILES string of the molecule is COC(=O)C1=C(C)NC(C)=C(C(=O)OCC2CCCCC2)C1c1[nH]cnc1Cl. The Morgan fingerprint density at radius 3 is 2.36 bits per heavy atom. The Morgan fingerprint density at radius 2 is 1.79 bits per heavy atom. The number of aromatic nitrogens is 2. The molecule has 1 aliphatic heterocycles. The number of nitrogens with zero attached hydrogens (tertiary/aromatic N) is 1. The maximum atomic E-state index is 13.1. The highest BCUT2D eigenvalue weighted by Crippen LogP contribution is 2.40. The number of ether oxygens (including phenoxy) is 2. The third-order valence-electron chi connectivity index (χ3n) is 5.47. The molecule has 1 saturated carbocycles. The second-order valence-corrected chi connectivity index (χ2v) is 7.69. The van der Waals surface area contributed by atoms with Crippen molar-refractivity contribution >= 4 is 23.5 Å². The summed E-state index contributed by atoms with van der Waals surface area (Å²) < 4.78 is 10.6. The highest BCUT2D eigenvalue weighted by atomic mass is 35.5. The highest BCUT2D eigenvalue weighted by molar-refractivity contribution is 6.30. The zero-order valence-corrected chi connectivity index (χ0v) is 17.2. The number of nitrogens with one attached hydrogen (secondary N) is 2. The fourth-order valence-corrected chi connectivity index (χ4v) is 4.26. The van der Waals surface area contributed by atoms with Gasteiger partial charge in [-0.3, -0.25) is 0 Å². The first-order chi connectivity index (χ1) is 13.4. The molecular formula is C20H26ClN3O4. The van der Waals surface area contributed by atoms with Crippen LogP contribution in [0.15, 0.2) is 28.9 Å². The van der Waals surface area contributed by atoms with Crippen LogP contribution in [-0.4, -0.2) is 35.6 Å². The molecule has 1 atom stereocenters. The topological polar surface area (TPSA) is 93.3 Å². The van der Waals surface area contributed by atoms with Gasteiger partial charge in [0.25, 0.3) is 0 Å². The molecule has 1 fully saturated rings. The van der Waals surface area contributed by atoms with Gasteiger partial charge in [0.05, 0.1) is 42.8 Å². The lowest BCUT2D eigenvalue weighted by molar-refractivity contribution is -0.141. The number of hydrogen-bond donors (Lipinski definition) is 2. The van der Waals surface area contributed by atoms with Crippen LogP contribution in [0.25, 0.3) is 0 Å². The molecule has 0 spiro atoms. The number of dihydropyridines is 1. The van der Waals surface area contributed by atoms with Crippen LogP contribution in [0.1, 0.15) is 57.6 Å². The van der Waals surface area contributed by atoms with E-state index in [2.05, 4.69) is 15.3 Å². The summed E-state index contributed by atoms with van der Waals surface area (Å²) in [6.07, 6.45) is 7.17. The number of aromatic amines is 1. The van der Waals surface area contributed by atoms with Crippen molar-refractivity contribution < 1.29 is 19.1 Å². The van der Waals surface area contributed by atoms with Gasteiger partial charge >= 0.3 is 11.9 Å². The minimum absolute atomic E-state index is 0.200. The van der Waals surface area contributed by atoms with Gasteiger partial charge in [-0.15, -0.1) is 0 Å². The van der Waals surface area contributed by atoms with Crippen molar-refractivity contribution in [2.75, 3.05) is 13.7 Å². The molecule has 1 aromatic heterocycles. The molecule has 152 valence electrons. The summed E-state index contributed by atoms with van der Waals surface area (Å²) in [5, 5.41) is 3.31. The van der Waals surface area contributed by atoms with Crippen LogP contribution in [-0.2, 0) is 19.1 Å². The van der Waals surface area contributed by atoms with E-state index in [1.54, 1.807) is 13.8 Å². The number of rotatable bonds is 5. The number of H-pyrrole nitrogens is 1.